The first kappa shape index (κ1) is 20.1. The summed E-state index contributed by atoms with van der Waals surface area (Å²) in [6, 6.07) is 15.1. The Morgan fingerprint density at radius 1 is 1.07 bits per heavy atom. The molecular formula is C20H26N4O3. The van der Waals surface area contributed by atoms with Crippen molar-refractivity contribution in [2.75, 3.05) is 32.6 Å². The number of rotatable bonds is 8. The maximum atomic E-state index is 11.1. The van der Waals surface area contributed by atoms with Gasteiger partial charge in [-0.25, -0.2) is 0 Å². The monoisotopic (exact) mass is 370 g/mol. The maximum absolute atomic E-state index is 11.1. The van der Waals surface area contributed by atoms with Gasteiger partial charge in [0.25, 0.3) is 0 Å². The predicted octanol–water partition coefficient (Wildman–Crippen LogP) is 2.40. The largest absolute Gasteiger partial charge is 0.497 e. The quantitative estimate of drug-likeness (QED) is 0.378. The van der Waals surface area contributed by atoms with Crippen molar-refractivity contribution in [3.05, 3.63) is 54.1 Å². The van der Waals surface area contributed by atoms with Gasteiger partial charge in [-0.05, 0) is 42.0 Å². The molecular weight excluding hydrogens is 344 g/mol. The van der Waals surface area contributed by atoms with E-state index in [9.17, 15) is 4.79 Å². The number of nitrogens with one attached hydrogen (secondary N) is 3. The number of guanidine groups is 1. The number of benzene rings is 2. The number of aliphatic imine (C=N–C) groups is 1. The van der Waals surface area contributed by atoms with Gasteiger partial charge in [-0.2, -0.15) is 0 Å². The highest BCUT2D eigenvalue weighted by Gasteiger charge is 2.01. The number of nitrogens with zero attached hydrogens (tertiary/aromatic N) is 1. The number of hydrogen-bond donors (Lipinski definition) is 3. The van der Waals surface area contributed by atoms with Crippen molar-refractivity contribution >= 4 is 17.6 Å². The molecule has 0 atom stereocenters. The molecule has 3 N–H and O–H groups in total. The summed E-state index contributed by atoms with van der Waals surface area (Å²) in [5.74, 6) is 2.18. The van der Waals surface area contributed by atoms with Gasteiger partial charge in [0.05, 0.1) is 13.7 Å². The lowest BCUT2D eigenvalue weighted by molar-refractivity contribution is -0.114. The molecule has 2 aromatic carbocycles. The van der Waals surface area contributed by atoms with Crippen LogP contribution in [0.2, 0.25) is 0 Å². The minimum atomic E-state index is -0.0885. The minimum Gasteiger partial charge on any atom is -0.497 e. The Balaban J connectivity index is 1.73. The summed E-state index contributed by atoms with van der Waals surface area (Å²) in [5.41, 5.74) is 1.82. The summed E-state index contributed by atoms with van der Waals surface area (Å²) in [4.78, 5) is 15.3. The summed E-state index contributed by atoms with van der Waals surface area (Å²) in [6.07, 6.45) is 0. The van der Waals surface area contributed by atoms with E-state index >= 15 is 0 Å². The van der Waals surface area contributed by atoms with Crippen LogP contribution in [0.4, 0.5) is 5.69 Å². The smallest absolute Gasteiger partial charge is 0.221 e. The van der Waals surface area contributed by atoms with Gasteiger partial charge in [0.2, 0.25) is 5.91 Å². The zero-order valence-corrected chi connectivity index (χ0v) is 15.9. The molecule has 0 aliphatic heterocycles. The fraction of sp³-hybridized carbons (Fsp3) is 0.300. The van der Waals surface area contributed by atoms with Crippen LogP contribution in [0.5, 0.6) is 11.5 Å². The van der Waals surface area contributed by atoms with Crippen LogP contribution in [0.1, 0.15) is 12.5 Å². The van der Waals surface area contributed by atoms with Crippen LogP contribution in [0.3, 0.4) is 0 Å². The summed E-state index contributed by atoms with van der Waals surface area (Å²) in [6.45, 7) is 3.19. The van der Waals surface area contributed by atoms with E-state index in [1.165, 1.54) is 6.92 Å². The number of anilines is 1. The molecule has 0 aromatic heterocycles. The predicted molar refractivity (Wildman–Crippen MR) is 107 cm³/mol. The molecule has 0 saturated carbocycles. The van der Waals surface area contributed by atoms with E-state index in [1.54, 1.807) is 14.2 Å². The Hall–Kier alpha value is -3.22. The number of ether oxygens (including phenoxy) is 2. The molecule has 0 saturated heterocycles. The molecule has 27 heavy (non-hydrogen) atoms. The van der Waals surface area contributed by atoms with Crippen molar-refractivity contribution < 1.29 is 14.3 Å². The first-order valence-corrected chi connectivity index (χ1v) is 8.68. The minimum absolute atomic E-state index is 0.0885. The highest BCUT2D eigenvalue weighted by Crippen LogP contribution is 2.16. The summed E-state index contributed by atoms with van der Waals surface area (Å²) in [7, 11) is 3.35. The van der Waals surface area contributed by atoms with Crippen LogP contribution in [0.15, 0.2) is 53.5 Å². The molecule has 1 amide bonds. The van der Waals surface area contributed by atoms with Crippen LogP contribution in [-0.4, -0.2) is 39.2 Å². The molecule has 2 aromatic rings. The van der Waals surface area contributed by atoms with E-state index in [0.717, 1.165) is 22.7 Å². The van der Waals surface area contributed by atoms with Crippen LogP contribution >= 0.6 is 0 Å². The van der Waals surface area contributed by atoms with E-state index in [0.29, 0.717) is 25.7 Å². The third kappa shape index (κ3) is 7.27. The molecule has 0 bridgehead atoms. The van der Waals surface area contributed by atoms with Gasteiger partial charge in [0.15, 0.2) is 5.96 Å². The van der Waals surface area contributed by atoms with E-state index in [-0.39, 0.29) is 5.91 Å². The highest BCUT2D eigenvalue weighted by atomic mass is 16.5. The zero-order valence-electron chi connectivity index (χ0n) is 15.9. The fourth-order valence-electron chi connectivity index (χ4n) is 2.38. The lowest BCUT2D eigenvalue weighted by Gasteiger charge is -2.13. The molecule has 7 nitrogen and oxygen atoms in total. The summed E-state index contributed by atoms with van der Waals surface area (Å²) in [5, 5.41) is 9.21. The normalized spacial score (nSPS) is 10.9. The number of methoxy groups -OCH3 is 1. The standard InChI is InChI=1S/C20H26N4O3/c1-15(25)24-17-6-4-5-16(13-17)14-23-20(21-2)22-11-12-27-19-9-7-18(26-3)8-10-19/h4-10,13H,11-12,14H2,1-3H3,(H,24,25)(H2,21,22,23). The van der Waals surface area contributed by atoms with Crippen LogP contribution in [0, 0.1) is 0 Å². The van der Waals surface area contributed by atoms with E-state index in [2.05, 4.69) is 20.9 Å². The third-order valence-electron chi connectivity index (χ3n) is 3.65. The van der Waals surface area contributed by atoms with Crippen LogP contribution < -0.4 is 25.4 Å². The summed E-state index contributed by atoms with van der Waals surface area (Å²) < 4.78 is 10.8. The number of hydrogen-bond acceptors (Lipinski definition) is 4. The number of carbonyl (C=O) groups excluding carboxylic acids is 1. The van der Waals surface area contributed by atoms with Crippen molar-refractivity contribution in [1.29, 1.82) is 0 Å². The summed E-state index contributed by atoms with van der Waals surface area (Å²) >= 11 is 0. The second-order valence-corrected chi connectivity index (χ2v) is 5.76. The lowest BCUT2D eigenvalue weighted by Crippen LogP contribution is -2.38. The topological polar surface area (TPSA) is 84.0 Å². The SMILES string of the molecule is CN=C(NCCOc1ccc(OC)cc1)NCc1cccc(NC(C)=O)c1. The molecule has 144 valence electrons. The van der Waals surface area contributed by atoms with Crippen LogP contribution in [-0.2, 0) is 11.3 Å². The van der Waals surface area contributed by atoms with E-state index in [1.807, 2.05) is 48.5 Å². The molecule has 0 radical (unpaired) electrons. The van der Waals surface area contributed by atoms with Crippen molar-refractivity contribution in [1.82, 2.24) is 10.6 Å². The highest BCUT2D eigenvalue weighted by molar-refractivity contribution is 5.88. The van der Waals surface area contributed by atoms with Crippen LogP contribution in [0.25, 0.3) is 0 Å². The van der Waals surface area contributed by atoms with Gasteiger partial charge in [-0.3, -0.25) is 9.79 Å². The van der Waals surface area contributed by atoms with Gasteiger partial charge in [-0.1, -0.05) is 12.1 Å². The second kappa shape index (κ2) is 10.7. The molecule has 2 rings (SSSR count). The molecule has 0 aliphatic carbocycles. The number of amides is 1. The molecule has 0 unspecified atom stereocenters. The molecule has 7 heteroatoms. The molecule has 0 fully saturated rings. The first-order chi connectivity index (χ1) is 13.1. The average molecular weight is 370 g/mol. The molecule has 0 spiro atoms. The average Bonchev–Trinajstić information content (AvgIpc) is 2.67. The van der Waals surface area contributed by atoms with Gasteiger partial charge in [-0.15, -0.1) is 0 Å². The Morgan fingerprint density at radius 2 is 1.81 bits per heavy atom. The van der Waals surface area contributed by atoms with Crippen molar-refractivity contribution in [2.45, 2.75) is 13.5 Å². The number of carbonyl (C=O) groups is 1. The second-order valence-electron chi connectivity index (χ2n) is 5.76. The third-order valence-corrected chi connectivity index (χ3v) is 3.65. The van der Waals surface area contributed by atoms with Crippen molar-refractivity contribution in [3.63, 3.8) is 0 Å². The zero-order chi connectivity index (χ0) is 19.5. The van der Waals surface area contributed by atoms with Crippen molar-refractivity contribution in [2.24, 2.45) is 4.99 Å². The lowest BCUT2D eigenvalue weighted by atomic mass is 10.2. The van der Waals surface area contributed by atoms with Crippen molar-refractivity contribution in [3.8, 4) is 11.5 Å². The first-order valence-electron chi connectivity index (χ1n) is 8.68. The Kier molecular flexibility index (Phi) is 7.96. The fourth-order valence-corrected chi connectivity index (χ4v) is 2.38. The van der Waals surface area contributed by atoms with Gasteiger partial charge < -0.3 is 25.4 Å². The van der Waals surface area contributed by atoms with Gasteiger partial charge >= 0.3 is 0 Å². The van der Waals surface area contributed by atoms with E-state index in [4.69, 9.17) is 9.47 Å². The molecule has 0 aliphatic rings. The van der Waals surface area contributed by atoms with E-state index < -0.39 is 0 Å². The van der Waals surface area contributed by atoms with Gasteiger partial charge in [0.1, 0.15) is 18.1 Å². The Bertz CT molecular complexity index is 760. The maximum Gasteiger partial charge on any atom is 0.221 e. The van der Waals surface area contributed by atoms with Gasteiger partial charge in [0, 0.05) is 26.2 Å². The molecule has 0 heterocycles. The Morgan fingerprint density at radius 3 is 2.48 bits per heavy atom. The Labute approximate surface area is 159 Å².